The quantitative estimate of drug-likeness (QED) is 0.517. The lowest BCUT2D eigenvalue weighted by Gasteiger charge is -2.68. The smallest absolute Gasteiger partial charge is 0.138 e. The molecule has 4 rings (SSSR count). The molecular formula is C22H34O. The predicted octanol–water partition coefficient (Wildman–Crippen LogP) is 5.79. The maximum atomic E-state index is 12.6. The van der Waals surface area contributed by atoms with Crippen LogP contribution in [-0.2, 0) is 4.79 Å². The van der Waals surface area contributed by atoms with Crippen LogP contribution in [0.3, 0.4) is 0 Å². The van der Waals surface area contributed by atoms with E-state index in [0.717, 1.165) is 24.7 Å². The Labute approximate surface area is 142 Å². The molecule has 0 spiro atoms. The molecule has 1 heteroatoms. The Morgan fingerprint density at radius 1 is 0.913 bits per heavy atom. The molecule has 23 heavy (non-hydrogen) atoms. The Morgan fingerprint density at radius 3 is 2.39 bits per heavy atom. The lowest BCUT2D eigenvalue weighted by atomic mass is 9.36. The van der Waals surface area contributed by atoms with Crippen molar-refractivity contribution in [2.75, 3.05) is 0 Å². The van der Waals surface area contributed by atoms with Crippen molar-refractivity contribution in [3.8, 4) is 0 Å². The average molecular weight is 315 g/mol. The zero-order valence-electron chi connectivity index (χ0n) is 15.7. The minimum Gasteiger partial charge on any atom is -0.299 e. The summed E-state index contributed by atoms with van der Waals surface area (Å²) in [5, 5.41) is 0. The lowest BCUT2D eigenvalue weighted by Crippen LogP contribution is -2.63. The number of carbonyl (C=O) groups excluding carboxylic acids is 1. The van der Waals surface area contributed by atoms with Gasteiger partial charge in [0.2, 0.25) is 0 Å². The molecule has 128 valence electrons. The third kappa shape index (κ3) is 1.72. The summed E-state index contributed by atoms with van der Waals surface area (Å²) in [6, 6.07) is 0. The fraction of sp³-hybridized carbons (Fsp3) is 0.864. The Hall–Kier alpha value is -0.590. The van der Waals surface area contributed by atoms with Crippen LogP contribution < -0.4 is 0 Å². The van der Waals surface area contributed by atoms with Crippen molar-refractivity contribution < 1.29 is 4.79 Å². The Morgan fingerprint density at radius 2 is 1.65 bits per heavy atom. The number of allylic oxidation sites excluding steroid dienone is 2. The normalized spacial score (nSPS) is 54.3. The fourth-order valence-corrected chi connectivity index (χ4v) is 7.94. The van der Waals surface area contributed by atoms with E-state index in [1.165, 1.54) is 32.1 Å². The summed E-state index contributed by atoms with van der Waals surface area (Å²) in [7, 11) is 0. The molecule has 3 saturated carbocycles. The van der Waals surface area contributed by atoms with Gasteiger partial charge in [-0.15, -0.1) is 0 Å². The van der Waals surface area contributed by atoms with E-state index in [9.17, 15) is 4.79 Å². The molecular weight excluding hydrogens is 280 g/mol. The van der Waals surface area contributed by atoms with Crippen molar-refractivity contribution in [3.05, 3.63) is 12.2 Å². The van der Waals surface area contributed by atoms with E-state index >= 15 is 0 Å². The summed E-state index contributed by atoms with van der Waals surface area (Å²) in [5.74, 6) is 2.69. The van der Waals surface area contributed by atoms with Crippen molar-refractivity contribution in [2.45, 2.75) is 79.6 Å². The van der Waals surface area contributed by atoms with E-state index < -0.39 is 0 Å². The molecule has 4 aliphatic carbocycles. The van der Waals surface area contributed by atoms with Crippen LogP contribution in [0, 0.1) is 39.4 Å². The highest BCUT2D eigenvalue weighted by atomic mass is 16.1. The van der Waals surface area contributed by atoms with Gasteiger partial charge in [0.25, 0.3) is 0 Å². The van der Waals surface area contributed by atoms with Gasteiger partial charge in [-0.25, -0.2) is 0 Å². The molecule has 1 nitrogen and oxygen atoms in total. The first-order valence-corrected chi connectivity index (χ1v) is 9.86. The molecule has 0 N–H and O–H groups in total. The van der Waals surface area contributed by atoms with E-state index in [1.807, 2.05) is 0 Å². The lowest BCUT2D eigenvalue weighted by molar-refractivity contribution is -0.197. The van der Waals surface area contributed by atoms with Crippen molar-refractivity contribution in [3.63, 3.8) is 0 Å². The zero-order valence-corrected chi connectivity index (χ0v) is 15.7. The van der Waals surface area contributed by atoms with Crippen molar-refractivity contribution >= 4 is 5.78 Å². The van der Waals surface area contributed by atoms with Gasteiger partial charge in [0.05, 0.1) is 0 Å². The van der Waals surface area contributed by atoms with Crippen LogP contribution in [0.5, 0.6) is 0 Å². The van der Waals surface area contributed by atoms with Gasteiger partial charge in [-0.3, -0.25) is 4.79 Å². The number of ketones is 1. The summed E-state index contributed by atoms with van der Waals surface area (Å²) < 4.78 is 0. The highest BCUT2D eigenvalue weighted by molar-refractivity contribution is 5.85. The van der Waals surface area contributed by atoms with Gasteiger partial charge in [-0.2, -0.15) is 0 Å². The molecule has 0 amide bonds. The van der Waals surface area contributed by atoms with Gasteiger partial charge in [-0.05, 0) is 72.5 Å². The fourth-order valence-electron chi connectivity index (χ4n) is 7.94. The second-order valence-corrected chi connectivity index (χ2v) is 10.4. The predicted molar refractivity (Wildman–Crippen MR) is 95.0 cm³/mol. The van der Waals surface area contributed by atoms with Crippen LogP contribution in [0.25, 0.3) is 0 Å². The molecule has 0 aromatic carbocycles. The second kappa shape index (κ2) is 4.52. The minimum atomic E-state index is -0.111. The third-order valence-electron chi connectivity index (χ3n) is 9.59. The molecule has 0 aliphatic heterocycles. The van der Waals surface area contributed by atoms with Gasteiger partial charge in [0, 0.05) is 11.8 Å². The monoisotopic (exact) mass is 314 g/mol. The van der Waals surface area contributed by atoms with Crippen LogP contribution >= 0.6 is 0 Å². The number of hydrogen-bond donors (Lipinski definition) is 0. The van der Waals surface area contributed by atoms with E-state index in [2.05, 4.69) is 46.8 Å². The molecule has 4 aliphatic rings. The molecule has 0 bridgehead atoms. The molecule has 6 atom stereocenters. The number of fused-ring (bicyclic) bond motifs is 5. The van der Waals surface area contributed by atoms with E-state index in [1.54, 1.807) is 0 Å². The highest BCUT2D eigenvalue weighted by Gasteiger charge is 2.66. The van der Waals surface area contributed by atoms with Gasteiger partial charge in [0.1, 0.15) is 5.78 Å². The Bertz CT molecular complexity index is 573. The Kier molecular flexibility index (Phi) is 3.13. The number of hydrogen-bond acceptors (Lipinski definition) is 1. The third-order valence-corrected chi connectivity index (χ3v) is 9.59. The molecule has 0 aromatic rings. The summed E-state index contributed by atoms with van der Waals surface area (Å²) in [5.41, 5.74) is 1.15. The second-order valence-electron chi connectivity index (χ2n) is 10.4. The van der Waals surface area contributed by atoms with Gasteiger partial charge < -0.3 is 0 Å². The first-order valence-electron chi connectivity index (χ1n) is 9.86. The maximum Gasteiger partial charge on any atom is 0.138 e. The first-order chi connectivity index (χ1) is 10.7. The molecule has 3 fully saturated rings. The largest absolute Gasteiger partial charge is 0.299 e. The van der Waals surface area contributed by atoms with Crippen molar-refractivity contribution in [2.24, 2.45) is 39.4 Å². The average Bonchev–Trinajstić information content (AvgIpc) is 2.86. The summed E-state index contributed by atoms with van der Waals surface area (Å²) in [6.45, 7) is 12.2. The summed E-state index contributed by atoms with van der Waals surface area (Å²) >= 11 is 0. The van der Waals surface area contributed by atoms with Crippen LogP contribution in [0.1, 0.15) is 79.6 Å². The standard InChI is InChI=1S/C22H34O/c1-19(2)16-10-14-22(5)17(20(16,3)13-11-18(19)23)9-8-15-7-6-12-21(15,22)4/h6-7,15-17H,8-14H2,1-5H3/t15-,16+,17+,20-,21+,22+/m0/s1. The van der Waals surface area contributed by atoms with Gasteiger partial charge in [-0.1, -0.05) is 46.8 Å². The number of carbonyl (C=O) groups is 1. The van der Waals surface area contributed by atoms with Crippen molar-refractivity contribution in [1.29, 1.82) is 0 Å². The van der Waals surface area contributed by atoms with E-state index in [4.69, 9.17) is 0 Å². The minimum absolute atomic E-state index is 0.111. The molecule has 0 radical (unpaired) electrons. The summed E-state index contributed by atoms with van der Waals surface area (Å²) in [4.78, 5) is 12.6. The van der Waals surface area contributed by atoms with Gasteiger partial charge in [0.15, 0.2) is 0 Å². The van der Waals surface area contributed by atoms with Crippen LogP contribution in [0.2, 0.25) is 0 Å². The highest BCUT2D eigenvalue weighted by Crippen LogP contribution is 2.73. The van der Waals surface area contributed by atoms with Gasteiger partial charge >= 0.3 is 0 Å². The molecule has 0 unspecified atom stereocenters. The molecule has 0 saturated heterocycles. The molecule has 0 heterocycles. The van der Waals surface area contributed by atoms with Crippen LogP contribution in [-0.4, -0.2) is 5.78 Å². The number of rotatable bonds is 0. The molecule has 0 aromatic heterocycles. The summed E-state index contributed by atoms with van der Waals surface area (Å²) in [6.07, 6.45) is 13.5. The van der Waals surface area contributed by atoms with Crippen LogP contribution in [0.4, 0.5) is 0 Å². The van der Waals surface area contributed by atoms with E-state index in [-0.39, 0.29) is 5.41 Å². The SMILES string of the molecule is CC1(C)C(=O)CC[C@@]2(C)[C@@H]1CC[C@]1(C)[C@@H]2CC[C@@H]2C=CC[C@]21C. The van der Waals surface area contributed by atoms with E-state index in [0.29, 0.717) is 27.9 Å². The topological polar surface area (TPSA) is 17.1 Å². The Balaban J connectivity index is 1.77. The number of Topliss-reactive ketones (excluding diaryl/α,β-unsaturated/α-hetero) is 1. The van der Waals surface area contributed by atoms with Crippen LogP contribution in [0.15, 0.2) is 12.2 Å². The zero-order chi connectivity index (χ0) is 16.7. The van der Waals surface area contributed by atoms with Crippen molar-refractivity contribution in [1.82, 2.24) is 0 Å². The maximum absolute atomic E-state index is 12.6. The first kappa shape index (κ1) is 15.9.